The molecule has 0 saturated carbocycles. The summed E-state index contributed by atoms with van der Waals surface area (Å²) in [5.74, 6) is 1.62. The minimum absolute atomic E-state index is 0.00162. The predicted molar refractivity (Wildman–Crippen MR) is 103 cm³/mol. The van der Waals surface area contributed by atoms with Crippen molar-refractivity contribution in [3.05, 3.63) is 54.1 Å². The van der Waals surface area contributed by atoms with Crippen LogP contribution in [0.1, 0.15) is 12.5 Å². The van der Waals surface area contributed by atoms with Gasteiger partial charge in [0.05, 0.1) is 12.6 Å². The van der Waals surface area contributed by atoms with Crippen molar-refractivity contribution < 1.29 is 9.53 Å². The molecule has 3 heterocycles. The van der Waals surface area contributed by atoms with E-state index in [2.05, 4.69) is 9.97 Å². The first-order valence-corrected chi connectivity index (χ1v) is 9.14. The quantitative estimate of drug-likeness (QED) is 0.654. The van der Waals surface area contributed by atoms with E-state index in [4.69, 9.17) is 16.3 Å². The van der Waals surface area contributed by atoms with E-state index in [-0.39, 0.29) is 11.9 Å². The second kappa shape index (κ2) is 7.54. The monoisotopic (exact) mass is 385 g/mol. The SMILES string of the molecule is COCCn1ccnc1-c1nccn1C1CC(=O)N(c2ccc(Cl)cc2)C1. The Morgan fingerprint density at radius 3 is 2.67 bits per heavy atom. The first-order valence-electron chi connectivity index (χ1n) is 8.76. The Hall–Kier alpha value is -2.64. The van der Waals surface area contributed by atoms with Crippen LogP contribution in [-0.2, 0) is 16.1 Å². The summed E-state index contributed by atoms with van der Waals surface area (Å²) >= 11 is 5.96. The Morgan fingerprint density at radius 2 is 1.89 bits per heavy atom. The fourth-order valence-electron chi connectivity index (χ4n) is 3.41. The van der Waals surface area contributed by atoms with E-state index in [1.165, 1.54) is 0 Å². The van der Waals surface area contributed by atoms with Gasteiger partial charge in [0, 0.05) is 62.1 Å². The van der Waals surface area contributed by atoms with Gasteiger partial charge in [0.1, 0.15) is 0 Å². The van der Waals surface area contributed by atoms with E-state index in [0.717, 1.165) is 17.3 Å². The standard InChI is InChI=1S/C19H20ClN5O2/c1-27-11-10-23-8-6-21-18(23)19-22-7-9-24(19)16-12-17(26)25(13-16)15-4-2-14(20)3-5-15/h2-9,16H,10-13H2,1H3. The average Bonchev–Trinajstić information content (AvgIpc) is 3.39. The minimum atomic E-state index is -0.00162. The van der Waals surface area contributed by atoms with Crippen LogP contribution in [0.3, 0.4) is 0 Å². The molecule has 0 spiro atoms. The van der Waals surface area contributed by atoms with Crippen LogP contribution in [0, 0.1) is 0 Å². The van der Waals surface area contributed by atoms with Crippen molar-refractivity contribution in [2.45, 2.75) is 19.0 Å². The fraction of sp³-hybridized carbons (Fsp3) is 0.316. The molecule has 1 aliphatic heterocycles. The molecule has 1 fully saturated rings. The largest absolute Gasteiger partial charge is 0.383 e. The van der Waals surface area contributed by atoms with Crippen molar-refractivity contribution in [3.63, 3.8) is 0 Å². The van der Waals surface area contributed by atoms with Crippen LogP contribution in [0.5, 0.6) is 0 Å². The molecule has 2 aromatic heterocycles. The molecular weight excluding hydrogens is 366 g/mol. The number of nitrogens with zero attached hydrogens (tertiary/aromatic N) is 5. The number of amides is 1. The molecule has 3 aromatic rings. The maximum absolute atomic E-state index is 12.6. The number of rotatable bonds is 6. The average molecular weight is 386 g/mol. The molecule has 1 aromatic carbocycles. The van der Waals surface area contributed by atoms with Gasteiger partial charge < -0.3 is 18.8 Å². The second-order valence-electron chi connectivity index (χ2n) is 6.43. The highest BCUT2D eigenvalue weighted by atomic mass is 35.5. The molecular formula is C19H20ClN5O2. The third-order valence-electron chi connectivity index (χ3n) is 4.76. The van der Waals surface area contributed by atoms with Crippen molar-refractivity contribution in [2.75, 3.05) is 25.2 Å². The maximum Gasteiger partial charge on any atom is 0.229 e. The number of anilines is 1. The molecule has 0 N–H and O–H groups in total. The van der Waals surface area contributed by atoms with Crippen LogP contribution in [-0.4, -0.2) is 45.3 Å². The lowest BCUT2D eigenvalue weighted by atomic mass is 10.2. The number of imidazole rings is 2. The second-order valence-corrected chi connectivity index (χ2v) is 6.87. The van der Waals surface area contributed by atoms with Gasteiger partial charge in [-0.05, 0) is 24.3 Å². The molecule has 140 valence electrons. The first kappa shape index (κ1) is 17.8. The van der Waals surface area contributed by atoms with Crippen molar-refractivity contribution in [1.29, 1.82) is 0 Å². The Kier molecular flexibility index (Phi) is 4.96. The molecule has 7 nitrogen and oxygen atoms in total. The van der Waals surface area contributed by atoms with Gasteiger partial charge in [-0.3, -0.25) is 4.79 Å². The van der Waals surface area contributed by atoms with Gasteiger partial charge in [0.15, 0.2) is 11.6 Å². The summed E-state index contributed by atoms with van der Waals surface area (Å²) < 4.78 is 9.22. The van der Waals surface area contributed by atoms with Crippen LogP contribution < -0.4 is 4.90 Å². The molecule has 27 heavy (non-hydrogen) atoms. The maximum atomic E-state index is 12.6. The van der Waals surface area contributed by atoms with E-state index >= 15 is 0 Å². The van der Waals surface area contributed by atoms with E-state index in [9.17, 15) is 4.79 Å². The third-order valence-corrected chi connectivity index (χ3v) is 5.01. The van der Waals surface area contributed by atoms with Gasteiger partial charge in [-0.15, -0.1) is 0 Å². The lowest BCUT2D eigenvalue weighted by Crippen LogP contribution is -2.24. The van der Waals surface area contributed by atoms with E-state index in [1.54, 1.807) is 36.5 Å². The molecule has 1 amide bonds. The van der Waals surface area contributed by atoms with Gasteiger partial charge in [0.25, 0.3) is 0 Å². The Balaban J connectivity index is 1.59. The summed E-state index contributed by atoms with van der Waals surface area (Å²) in [5.41, 5.74) is 0.857. The van der Waals surface area contributed by atoms with Gasteiger partial charge in [-0.25, -0.2) is 9.97 Å². The third kappa shape index (κ3) is 3.48. The Labute approximate surface area is 162 Å². The summed E-state index contributed by atoms with van der Waals surface area (Å²) in [6.07, 6.45) is 7.75. The predicted octanol–water partition coefficient (Wildman–Crippen LogP) is 3.02. The van der Waals surface area contributed by atoms with Gasteiger partial charge in [0.2, 0.25) is 5.91 Å². The zero-order valence-electron chi connectivity index (χ0n) is 15.0. The minimum Gasteiger partial charge on any atom is -0.383 e. The number of hydrogen-bond acceptors (Lipinski definition) is 4. The molecule has 1 aliphatic rings. The highest BCUT2D eigenvalue weighted by molar-refractivity contribution is 6.30. The number of ether oxygens (including phenoxy) is 1. The number of carbonyl (C=O) groups excluding carboxylic acids is 1. The summed E-state index contributed by atoms with van der Waals surface area (Å²) in [6.45, 7) is 1.87. The van der Waals surface area contributed by atoms with Gasteiger partial charge >= 0.3 is 0 Å². The summed E-state index contributed by atoms with van der Waals surface area (Å²) in [4.78, 5) is 23.3. The van der Waals surface area contributed by atoms with Crippen LogP contribution >= 0.6 is 11.6 Å². The van der Waals surface area contributed by atoms with E-state index < -0.39 is 0 Å². The van der Waals surface area contributed by atoms with Crippen LogP contribution in [0.15, 0.2) is 49.1 Å². The van der Waals surface area contributed by atoms with Crippen molar-refractivity contribution >= 4 is 23.2 Å². The fourth-order valence-corrected chi connectivity index (χ4v) is 3.54. The molecule has 1 saturated heterocycles. The summed E-state index contributed by atoms with van der Waals surface area (Å²) in [6, 6.07) is 7.33. The van der Waals surface area contributed by atoms with E-state index in [0.29, 0.717) is 31.1 Å². The number of aromatic nitrogens is 4. The number of benzene rings is 1. The van der Waals surface area contributed by atoms with Crippen molar-refractivity contribution in [3.8, 4) is 11.6 Å². The normalized spacial score (nSPS) is 17.0. The van der Waals surface area contributed by atoms with Crippen LogP contribution in [0.2, 0.25) is 5.02 Å². The lowest BCUT2D eigenvalue weighted by molar-refractivity contribution is -0.117. The van der Waals surface area contributed by atoms with Crippen molar-refractivity contribution in [2.24, 2.45) is 0 Å². The number of halogens is 1. The molecule has 1 unspecified atom stereocenters. The molecule has 0 bridgehead atoms. The van der Waals surface area contributed by atoms with Crippen LogP contribution in [0.25, 0.3) is 11.6 Å². The molecule has 1 atom stereocenters. The van der Waals surface area contributed by atoms with Crippen LogP contribution in [0.4, 0.5) is 5.69 Å². The smallest absolute Gasteiger partial charge is 0.229 e. The summed E-state index contributed by atoms with van der Waals surface area (Å²) in [7, 11) is 1.67. The van der Waals surface area contributed by atoms with Gasteiger partial charge in [-0.1, -0.05) is 11.6 Å². The first-order chi connectivity index (χ1) is 13.2. The molecule has 4 rings (SSSR count). The zero-order chi connectivity index (χ0) is 18.8. The summed E-state index contributed by atoms with van der Waals surface area (Å²) in [5, 5.41) is 0.654. The van der Waals surface area contributed by atoms with Crippen molar-refractivity contribution in [1.82, 2.24) is 19.1 Å². The number of methoxy groups -OCH3 is 1. The lowest BCUT2D eigenvalue weighted by Gasteiger charge is -2.18. The highest BCUT2D eigenvalue weighted by Crippen LogP contribution is 2.31. The molecule has 0 radical (unpaired) electrons. The number of carbonyl (C=O) groups is 1. The number of hydrogen-bond donors (Lipinski definition) is 0. The highest BCUT2D eigenvalue weighted by Gasteiger charge is 2.33. The van der Waals surface area contributed by atoms with E-state index in [1.807, 2.05) is 33.7 Å². The topological polar surface area (TPSA) is 65.2 Å². The molecule has 8 heteroatoms. The van der Waals surface area contributed by atoms with Gasteiger partial charge in [-0.2, -0.15) is 0 Å². The Bertz CT molecular complexity index is 934. The Morgan fingerprint density at radius 1 is 1.15 bits per heavy atom. The zero-order valence-corrected chi connectivity index (χ0v) is 15.7. The molecule has 0 aliphatic carbocycles.